The molecule has 2 fully saturated rings. The van der Waals surface area contributed by atoms with Crippen LogP contribution in [0.5, 0.6) is 0 Å². The van der Waals surface area contributed by atoms with Crippen molar-refractivity contribution in [2.45, 2.75) is 70.1 Å². The summed E-state index contributed by atoms with van der Waals surface area (Å²) in [6, 6.07) is 6.18. The third kappa shape index (κ3) is 8.30. The molecule has 1 aromatic carbocycles. The average molecular weight is 524 g/mol. The van der Waals surface area contributed by atoms with Crippen molar-refractivity contribution in [2.24, 2.45) is 11.8 Å². The zero-order chi connectivity index (χ0) is 23.6. The van der Waals surface area contributed by atoms with Crippen LogP contribution in [0, 0.1) is 11.8 Å². The first-order valence-corrected chi connectivity index (χ1v) is 12.6. The number of hydrogen-bond donors (Lipinski definition) is 4. The maximum Gasteiger partial charge on any atom is 0.408 e. The second-order valence-electron chi connectivity index (χ2n) is 9.04. The summed E-state index contributed by atoms with van der Waals surface area (Å²) in [6.07, 6.45) is 6.46. The number of nitrogens with one attached hydrogen (secondary N) is 3. The Morgan fingerprint density at radius 2 is 1.94 bits per heavy atom. The number of hydrogen-bond acceptors (Lipinski definition) is 5. The number of halogens is 1. The zero-order valence-electron chi connectivity index (χ0n) is 18.9. The second-order valence-corrected chi connectivity index (χ2v) is 9.96. The van der Waals surface area contributed by atoms with E-state index in [0.29, 0.717) is 31.7 Å². The maximum absolute atomic E-state index is 13.1. The number of alkyl carbamates (subject to hydrolysis) is 1. The van der Waals surface area contributed by atoms with Crippen LogP contribution in [0.1, 0.15) is 56.9 Å². The Hall–Kier alpha value is -2.13. The van der Waals surface area contributed by atoms with Crippen molar-refractivity contribution < 1.29 is 24.2 Å². The molecule has 3 amide bonds. The number of aliphatic hydroxyl groups is 1. The van der Waals surface area contributed by atoms with E-state index >= 15 is 0 Å². The molecular formula is C24H34BrN3O5. The van der Waals surface area contributed by atoms with Gasteiger partial charge in [-0.15, -0.1) is 0 Å². The molecule has 0 aromatic heterocycles. The van der Waals surface area contributed by atoms with Gasteiger partial charge in [0.15, 0.2) is 0 Å². The molecule has 9 heteroatoms. The van der Waals surface area contributed by atoms with Crippen LogP contribution in [0.4, 0.5) is 4.79 Å². The second kappa shape index (κ2) is 12.9. The van der Waals surface area contributed by atoms with E-state index in [4.69, 9.17) is 4.74 Å². The first-order chi connectivity index (χ1) is 15.9. The Bertz CT molecular complexity index is 815. The van der Waals surface area contributed by atoms with Crippen LogP contribution in [0.25, 0.3) is 0 Å². The van der Waals surface area contributed by atoms with Crippen molar-refractivity contribution in [3.8, 4) is 0 Å². The lowest BCUT2D eigenvalue weighted by molar-refractivity contribution is -0.126. The van der Waals surface area contributed by atoms with Crippen molar-refractivity contribution in [3.05, 3.63) is 34.3 Å². The maximum atomic E-state index is 13.1. The smallest absolute Gasteiger partial charge is 0.408 e. The summed E-state index contributed by atoms with van der Waals surface area (Å²) in [4.78, 5) is 37.5. The lowest BCUT2D eigenvalue weighted by atomic mass is 9.84. The van der Waals surface area contributed by atoms with Gasteiger partial charge in [0.05, 0.1) is 12.6 Å². The van der Waals surface area contributed by atoms with Crippen molar-refractivity contribution >= 4 is 33.8 Å². The van der Waals surface area contributed by atoms with E-state index in [9.17, 15) is 19.5 Å². The topological polar surface area (TPSA) is 117 Å². The number of carbonyl (C=O) groups is 3. The molecule has 1 aromatic rings. The molecule has 3 rings (SSSR count). The highest BCUT2D eigenvalue weighted by molar-refractivity contribution is 9.10. The fraction of sp³-hybridized carbons (Fsp3) is 0.625. The standard InChI is InChI=1S/C24H34BrN3O5/c25-19-8-4-7-17(11-19)15-33-24(32)28-21(12-16-5-2-1-3-6-16)23(31)27-20(14-29)13-18-9-10-26-22(18)30/h4,7-8,11,16,18,20-21,29H,1-3,5-6,9-10,12-15H2,(H,26,30)(H,27,31)(H,28,32)/t18-,20-,21-/m0/s1. The van der Waals surface area contributed by atoms with Crippen LogP contribution in [0.2, 0.25) is 0 Å². The van der Waals surface area contributed by atoms with Gasteiger partial charge in [-0.05, 0) is 42.9 Å². The molecule has 1 saturated carbocycles. The fourth-order valence-corrected chi connectivity index (χ4v) is 5.09. The Morgan fingerprint density at radius 3 is 2.61 bits per heavy atom. The Morgan fingerprint density at radius 1 is 1.15 bits per heavy atom. The van der Waals surface area contributed by atoms with Gasteiger partial charge in [0.1, 0.15) is 12.6 Å². The molecular weight excluding hydrogens is 490 g/mol. The van der Waals surface area contributed by atoms with E-state index in [1.54, 1.807) is 0 Å². The highest BCUT2D eigenvalue weighted by atomic mass is 79.9. The van der Waals surface area contributed by atoms with Crippen LogP contribution in [-0.4, -0.2) is 48.2 Å². The van der Waals surface area contributed by atoms with E-state index in [0.717, 1.165) is 35.7 Å². The SMILES string of the molecule is O=C(N[C@@H](CC1CCCCC1)C(=O)N[C@H](CO)C[C@@H]1CCNC1=O)OCc1cccc(Br)c1. The zero-order valence-corrected chi connectivity index (χ0v) is 20.4. The molecule has 3 atom stereocenters. The quantitative estimate of drug-likeness (QED) is 0.376. The summed E-state index contributed by atoms with van der Waals surface area (Å²) >= 11 is 3.39. The molecule has 0 radical (unpaired) electrons. The molecule has 0 bridgehead atoms. The number of aliphatic hydroxyl groups excluding tert-OH is 1. The molecule has 8 nitrogen and oxygen atoms in total. The number of amides is 3. The molecule has 0 spiro atoms. The van der Waals surface area contributed by atoms with Crippen molar-refractivity contribution in [1.29, 1.82) is 0 Å². The Kier molecular flexibility index (Phi) is 9.99. The van der Waals surface area contributed by atoms with Gasteiger partial charge in [-0.2, -0.15) is 0 Å². The minimum absolute atomic E-state index is 0.0456. The molecule has 1 saturated heterocycles. The molecule has 2 aliphatic rings. The molecule has 1 aliphatic heterocycles. The van der Waals surface area contributed by atoms with Gasteiger partial charge in [-0.3, -0.25) is 9.59 Å². The predicted molar refractivity (Wildman–Crippen MR) is 127 cm³/mol. The minimum atomic E-state index is -0.755. The van der Waals surface area contributed by atoms with E-state index in [2.05, 4.69) is 31.9 Å². The summed E-state index contributed by atoms with van der Waals surface area (Å²) in [5.41, 5.74) is 0.836. The van der Waals surface area contributed by atoms with Gasteiger partial charge >= 0.3 is 6.09 Å². The lowest BCUT2D eigenvalue weighted by Crippen LogP contribution is -2.51. The van der Waals surface area contributed by atoms with Gasteiger partial charge in [-0.1, -0.05) is 60.2 Å². The van der Waals surface area contributed by atoms with Gasteiger partial charge in [0.25, 0.3) is 0 Å². The summed E-state index contributed by atoms with van der Waals surface area (Å²) in [6.45, 7) is 0.448. The minimum Gasteiger partial charge on any atom is -0.445 e. The number of carbonyl (C=O) groups excluding carboxylic acids is 3. The molecule has 1 heterocycles. The van der Waals surface area contributed by atoms with Crippen LogP contribution in [0.3, 0.4) is 0 Å². The number of benzene rings is 1. The first kappa shape index (κ1) is 25.5. The average Bonchev–Trinajstić information content (AvgIpc) is 3.21. The van der Waals surface area contributed by atoms with Crippen LogP contribution >= 0.6 is 15.9 Å². The predicted octanol–water partition coefficient (Wildman–Crippen LogP) is 3.02. The van der Waals surface area contributed by atoms with Crippen LogP contribution in [0.15, 0.2) is 28.7 Å². The molecule has 33 heavy (non-hydrogen) atoms. The van der Waals surface area contributed by atoms with E-state index in [1.807, 2.05) is 24.3 Å². The Labute approximate surface area is 203 Å². The van der Waals surface area contributed by atoms with E-state index in [-0.39, 0.29) is 30.9 Å². The van der Waals surface area contributed by atoms with Gasteiger partial charge in [0.2, 0.25) is 11.8 Å². The van der Waals surface area contributed by atoms with E-state index < -0.39 is 18.2 Å². The monoisotopic (exact) mass is 523 g/mol. The first-order valence-electron chi connectivity index (χ1n) is 11.8. The highest BCUT2D eigenvalue weighted by Crippen LogP contribution is 2.27. The summed E-state index contributed by atoms with van der Waals surface area (Å²) in [5, 5.41) is 18.1. The van der Waals surface area contributed by atoms with Crippen molar-refractivity contribution in [3.63, 3.8) is 0 Å². The van der Waals surface area contributed by atoms with Crippen LogP contribution in [-0.2, 0) is 20.9 Å². The molecule has 182 valence electrons. The van der Waals surface area contributed by atoms with Crippen molar-refractivity contribution in [2.75, 3.05) is 13.2 Å². The lowest BCUT2D eigenvalue weighted by Gasteiger charge is -2.28. The molecule has 0 unspecified atom stereocenters. The number of rotatable bonds is 10. The molecule has 1 aliphatic carbocycles. The molecule has 4 N–H and O–H groups in total. The normalized spacial score (nSPS) is 20.5. The van der Waals surface area contributed by atoms with Gasteiger partial charge in [-0.25, -0.2) is 4.79 Å². The number of ether oxygens (including phenoxy) is 1. The van der Waals surface area contributed by atoms with Crippen molar-refractivity contribution in [1.82, 2.24) is 16.0 Å². The van der Waals surface area contributed by atoms with Crippen LogP contribution < -0.4 is 16.0 Å². The van der Waals surface area contributed by atoms with Gasteiger partial charge < -0.3 is 25.8 Å². The van der Waals surface area contributed by atoms with Gasteiger partial charge in [0, 0.05) is 16.9 Å². The summed E-state index contributed by atoms with van der Waals surface area (Å²) in [5.74, 6) is -0.261. The summed E-state index contributed by atoms with van der Waals surface area (Å²) < 4.78 is 6.25. The Balaban J connectivity index is 1.58. The van der Waals surface area contributed by atoms with E-state index in [1.165, 1.54) is 6.42 Å². The highest BCUT2D eigenvalue weighted by Gasteiger charge is 2.31. The third-order valence-electron chi connectivity index (χ3n) is 6.46. The fourth-order valence-electron chi connectivity index (χ4n) is 4.64. The largest absolute Gasteiger partial charge is 0.445 e. The third-order valence-corrected chi connectivity index (χ3v) is 6.95. The summed E-state index contributed by atoms with van der Waals surface area (Å²) in [7, 11) is 0.